The third-order valence-electron chi connectivity index (χ3n) is 5.78. The van der Waals surface area contributed by atoms with Crippen molar-refractivity contribution >= 4 is 5.91 Å². The van der Waals surface area contributed by atoms with E-state index in [9.17, 15) is 4.79 Å². The summed E-state index contributed by atoms with van der Waals surface area (Å²) in [5.74, 6) is 2.22. The first-order valence-electron chi connectivity index (χ1n) is 9.89. The van der Waals surface area contributed by atoms with Crippen molar-refractivity contribution in [3.05, 3.63) is 11.7 Å². The Morgan fingerprint density at radius 1 is 1.20 bits per heavy atom. The molecule has 6 heteroatoms. The van der Waals surface area contributed by atoms with Gasteiger partial charge in [-0.05, 0) is 51.7 Å². The van der Waals surface area contributed by atoms with Crippen molar-refractivity contribution in [1.29, 1.82) is 0 Å². The molecule has 0 unspecified atom stereocenters. The van der Waals surface area contributed by atoms with Crippen LogP contribution in [0.15, 0.2) is 4.52 Å². The van der Waals surface area contributed by atoms with Gasteiger partial charge in [0, 0.05) is 32.4 Å². The summed E-state index contributed by atoms with van der Waals surface area (Å²) < 4.78 is 5.07. The minimum absolute atomic E-state index is 0.335. The highest BCUT2D eigenvalue weighted by Gasteiger charge is 2.29. The average molecular weight is 348 g/mol. The predicted octanol–water partition coefficient (Wildman–Crippen LogP) is 2.81. The minimum Gasteiger partial charge on any atom is -0.340 e. The molecule has 2 heterocycles. The zero-order valence-electron chi connectivity index (χ0n) is 15.7. The molecule has 1 aliphatic carbocycles. The van der Waals surface area contributed by atoms with E-state index in [1.54, 1.807) is 6.92 Å². The van der Waals surface area contributed by atoms with Gasteiger partial charge < -0.3 is 14.3 Å². The third kappa shape index (κ3) is 5.27. The lowest BCUT2D eigenvalue weighted by Gasteiger charge is -2.38. The van der Waals surface area contributed by atoms with Crippen LogP contribution in [0.1, 0.15) is 63.1 Å². The molecule has 0 atom stereocenters. The van der Waals surface area contributed by atoms with Crippen molar-refractivity contribution in [3.8, 4) is 0 Å². The number of likely N-dealkylation sites (tertiary alicyclic amines) is 1. The van der Waals surface area contributed by atoms with E-state index in [0.717, 1.165) is 32.4 Å². The zero-order chi connectivity index (χ0) is 17.6. The van der Waals surface area contributed by atoms with Crippen LogP contribution < -0.4 is 0 Å². The molecule has 1 saturated carbocycles. The van der Waals surface area contributed by atoms with E-state index < -0.39 is 0 Å². The molecule has 0 spiro atoms. The van der Waals surface area contributed by atoms with Crippen LogP contribution in [0, 0.1) is 12.8 Å². The van der Waals surface area contributed by atoms with Crippen molar-refractivity contribution in [1.82, 2.24) is 19.9 Å². The number of aromatic nitrogens is 2. The molecule has 1 aromatic heterocycles. The summed E-state index contributed by atoms with van der Waals surface area (Å²) in [5, 5.41) is 3.99. The molecule has 6 nitrogen and oxygen atoms in total. The van der Waals surface area contributed by atoms with Gasteiger partial charge in [-0.3, -0.25) is 4.79 Å². The van der Waals surface area contributed by atoms with Gasteiger partial charge in [-0.2, -0.15) is 4.98 Å². The Kier molecular flexibility index (Phi) is 6.45. The van der Waals surface area contributed by atoms with E-state index in [0.29, 0.717) is 42.5 Å². The third-order valence-corrected chi connectivity index (χ3v) is 5.78. The van der Waals surface area contributed by atoms with Crippen molar-refractivity contribution in [2.75, 3.05) is 26.7 Å². The molecule has 0 bridgehead atoms. The second-order valence-electron chi connectivity index (χ2n) is 7.81. The van der Waals surface area contributed by atoms with Crippen molar-refractivity contribution in [2.45, 2.75) is 70.8 Å². The number of rotatable bonds is 6. The second-order valence-corrected chi connectivity index (χ2v) is 7.81. The summed E-state index contributed by atoms with van der Waals surface area (Å²) in [6, 6.07) is 0.361. The Morgan fingerprint density at radius 2 is 1.92 bits per heavy atom. The smallest absolute Gasteiger partial charge is 0.223 e. The second kappa shape index (κ2) is 8.79. The maximum atomic E-state index is 13.1. The summed E-state index contributed by atoms with van der Waals surface area (Å²) in [6.07, 6.45) is 9.88. The van der Waals surface area contributed by atoms with E-state index in [1.807, 2.05) is 0 Å². The standard InChI is InChI=1S/C19H32N4O2/c1-15-20-18(21-25-15)10-13-23(17-8-11-22(2)12-9-17)19(24)14-16-6-4-3-5-7-16/h16-17H,3-14H2,1-2H3. The molecule has 25 heavy (non-hydrogen) atoms. The molecule has 0 radical (unpaired) electrons. The van der Waals surface area contributed by atoms with Gasteiger partial charge in [-0.25, -0.2) is 0 Å². The van der Waals surface area contributed by atoms with Crippen LogP contribution in [0.3, 0.4) is 0 Å². The number of hydrogen-bond donors (Lipinski definition) is 0. The molecule has 1 aliphatic heterocycles. The lowest BCUT2D eigenvalue weighted by atomic mass is 9.86. The molecule has 1 amide bonds. The molecule has 2 aliphatic rings. The maximum absolute atomic E-state index is 13.1. The molecule has 0 N–H and O–H groups in total. The van der Waals surface area contributed by atoms with Gasteiger partial charge in [0.15, 0.2) is 5.82 Å². The monoisotopic (exact) mass is 348 g/mol. The SMILES string of the molecule is Cc1nc(CCN(C(=O)CC2CCCCC2)C2CCN(C)CC2)no1. The van der Waals surface area contributed by atoms with E-state index in [2.05, 4.69) is 27.0 Å². The molecule has 1 saturated heterocycles. The number of carbonyl (C=O) groups is 1. The number of aryl methyl sites for hydroxylation is 1. The quantitative estimate of drug-likeness (QED) is 0.791. The normalized spacial score (nSPS) is 20.7. The summed E-state index contributed by atoms with van der Waals surface area (Å²) in [6.45, 7) is 4.65. The van der Waals surface area contributed by atoms with E-state index in [-0.39, 0.29) is 0 Å². The Labute approximate surface area is 150 Å². The van der Waals surface area contributed by atoms with E-state index in [1.165, 1.54) is 32.1 Å². The van der Waals surface area contributed by atoms with Crippen LogP contribution in [0.2, 0.25) is 0 Å². The fraction of sp³-hybridized carbons (Fsp3) is 0.842. The highest BCUT2D eigenvalue weighted by Crippen LogP contribution is 2.28. The highest BCUT2D eigenvalue weighted by molar-refractivity contribution is 5.76. The van der Waals surface area contributed by atoms with Gasteiger partial charge in [0.1, 0.15) is 0 Å². The largest absolute Gasteiger partial charge is 0.340 e. The van der Waals surface area contributed by atoms with E-state index in [4.69, 9.17) is 4.52 Å². The Hall–Kier alpha value is -1.43. The first-order chi connectivity index (χ1) is 12.1. The molecule has 140 valence electrons. The Balaban J connectivity index is 1.61. The molecule has 2 fully saturated rings. The van der Waals surface area contributed by atoms with Gasteiger partial charge in [-0.1, -0.05) is 24.4 Å². The predicted molar refractivity (Wildman–Crippen MR) is 96.2 cm³/mol. The van der Waals surface area contributed by atoms with Gasteiger partial charge in [-0.15, -0.1) is 0 Å². The van der Waals surface area contributed by atoms with Gasteiger partial charge >= 0.3 is 0 Å². The van der Waals surface area contributed by atoms with Crippen LogP contribution >= 0.6 is 0 Å². The summed E-state index contributed by atoms with van der Waals surface area (Å²) >= 11 is 0. The van der Waals surface area contributed by atoms with Crippen molar-refractivity contribution < 1.29 is 9.32 Å². The van der Waals surface area contributed by atoms with E-state index >= 15 is 0 Å². The van der Waals surface area contributed by atoms with Crippen molar-refractivity contribution in [2.24, 2.45) is 5.92 Å². The number of amides is 1. The van der Waals surface area contributed by atoms with Crippen LogP contribution in [0.5, 0.6) is 0 Å². The lowest BCUT2D eigenvalue weighted by Crippen LogP contribution is -2.47. The summed E-state index contributed by atoms with van der Waals surface area (Å²) in [5.41, 5.74) is 0. The van der Waals surface area contributed by atoms with Gasteiger partial charge in [0.05, 0.1) is 0 Å². The Morgan fingerprint density at radius 3 is 2.56 bits per heavy atom. The number of piperidine rings is 1. The van der Waals surface area contributed by atoms with Crippen LogP contribution in [-0.4, -0.2) is 58.6 Å². The highest BCUT2D eigenvalue weighted by atomic mass is 16.5. The van der Waals surface area contributed by atoms with Crippen LogP contribution in [-0.2, 0) is 11.2 Å². The molecule has 1 aromatic rings. The number of hydrogen-bond acceptors (Lipinski definition) is 5. The minimum atomic E-state index is 0.335. The first kappa shape index (κ1) is 18.4. The number of carbonyl (C=O) groups excluding carboxylic acids is 1. The maximum Gasteiger partial charge on any atom is 0.223 e. The first-order valence-corrected chi connectivity index (χ1v) is 9.89. The molecule has 0 aromatic carbocycles. The zero-order valence-corrected chi connectivity index (χ0v) is 15.7. The Bertz CT molecular complexity index is 545. The van der Waals surface area contributed by atoms with Gasteiger partial charge in [0.25, 0.3) is 0 Å². The molecular weight excluding hydrogens is 316 g/mol. The van der Waals surface area contributed by atoms with Crippen LogP contribution in [0.4, 0.5) is 0 Å². The topological polar surface area (TPSA) is 62.5 Å². The lowest BCUT2D eigenvalue weighted by molar-refractivity contribution is -0.135. The van der Waals surface area contributed by atoms with Gasteiger partial charge in [0.2, 0.25) is 11.8 Å². The van der Waals surface area contributed by atoms with Crippen LogP contribution in [0.25, 0.3) is 0 Å². The fourth-order valence-corrected chi connectivity index (χ4v) is 4.24. The molecule has 3 rings (SSSR count). The molecular formula is C19H32N4O2. The average Bonchev–Trinajstić information content (AvgIpc) is 3.03. The fourth-order valence-electron chi connectivity index (χ4n) is 4.24. The number of nitrogens with zero attached hydrogens (tertiary/aromatic N) is 4. The summed E-state index contributed by atoms with van der Waals surface area (Å²) in [7, 11) is 2.16. The summed E-state index contributed by atoms with van der Waals surface area (Å²) in [4.78, 5) is 21.8. The van der Waals surface area contributed by atoms with Crippen molar-refractivity contribution in [3.63, 3.8) is 0 Å².